The van der Waals surface area contributed by atoms with Crippen molar-refractivity contribution in [2.24, 2.45) is 0 Å². The van der Waals surface area contributed by atoms with Crippen LogP contribution in [0.4, 0.5) is 5.69 Å². The molecule has 1 atom stereocenters. The summed E-state index contributed by atoms with van der Waals surface area (Å²) < 4.78 is 10.9. The molecule has 3 aromatic rings. The molecule has 0 saturated carbocycles. The standard InChI is InChI=1S/C25H23NO4/c1-4-29-25(28)16(2)30-23-14-13-17(18-9-5-6-11-20(18)23)15-21-19-10-7-8-12-22(19)26(3)24(21)27/h5-16H,4H2,1-3H3/b21-15-. The molecule has 1 amide bonds. The number of para-hydroxylation sites is 1. The average Bonchev–Trinajstić information content (AvgIpc) is 3.00. The van der Waals surface area contributed by atoms with Crippen LogP contribution in [0.15, 0.2) is 60.7 Å². The summed E-state index contributed by atoms with van der Waals surface area (Å²) in [5.41, 5.74) is 3.40. The van der Waals surface area contributed by atoms with Crippen molar-refractivity contribution in [3.8, 4) is 5.75 Å². The van der Waals surface area contributed by atoms with Crippen LogP contribution < -0.4 is 9.64 Å². The van der Waals surface area contributed by atoms with E-state index in [4.69, 9.17) is 9.47 Å². The van der Waals surface area contributed by atoms with E-state index in [1.165, 1.54) is 0 Å². The Morgan fingerprint density at radius 3 is 2.50 bits per heavy atom. The predicted molar refractivity (Wildman–Crippen MR) is 118 cm³/mol. The number of rotatable bonds is 5. The average molecular weight is 401 g/mol. The molecule has 0 radical (unpaired) electrons. The van der Waals surface area contributed by atoms with Crippen molar-refractivity contribution in [2.75, 3.05) is 18.6 Å². The lowest BCUT2D eigenvalue weighted by molar-refractivity contribution is -0.150. The van der Waals surface area contributed by atoms with Gasteiger partial charge < -0.3 is 14.4 Å². The minimum Gasteiger partial charge on any atom is -0.478 e. The third kappa shape index (κ3) is 3.43. The van der Waals surface area contributed by atoms with Crippen LogP contribution in [0, 0.1) is 0 Å². The molecule has 1 unspecified atom stereocenters. The normalized spacial score (nSPS) is 15.4. The molecule has 152 valence electrons. The zero-order valence-corrected chi connectivity index (χ0v) is 17.2. The van der Waals surface area contributed by atoms with Gasteiger partial charge in [0.2, 0.25) is 0 Å². The number of nitrogens with zero attached hydrogens (tertiary/aromatic N) is 1. The molecule has 0 saturated heterocycles. The van der Waals surface area contributed by atoms with Crippen molar-refractivity contribution in [1.29, 1.82) is 0 Å². The molecule has 3 aromatic carbocycles. The zero-order chi connectivity index (χ0) is 21.3. The van der Waals surface area contributed by atoms with Crippen LogP contribution in [0.3, 0.4) is 0 Å². The first kappa shape index (κ1) is 19.7. The van der Waals surface area contributed by atoms with E-state index in [0.717, 1.165) is 27.6 Å². The second kappa shape index (κ2) is 8.03. The number of esters is 1. The van der Waals surface area contributed by atoms with Gasteiger partial charge >= 0.3 is 5.97 Å². The summed E-state index contributed by atoms with van der Waals surface area (Å²) in [6, 6.07) is 19.3. The van der Waals surface area contributed by atoms with Crippen LogP contribution in [0.2, 0.25) is 0 Å². The van der Waals surface area contributed by atoms with Crippen molar-refractivity contribution in [3.63, 3.8) is 0 Å². The highest BCUT2D eigenvalue weighted by Crippen LogP contribution is 2.38. The Morgan fingerprint density at radius 1 is 1.03 bits per heavy atom. The quantitative estimate of drug-likeness (QED) is 0.460. The van der Waals surface area contributed by atoms with Crippen molar-refractivity contribution in [3.05, 3.63) is 71.8 Å². The van der Waals surface area contributed by atoms with Crippen molar-refractivity contribution in [2.45, 2.75) is 20.0 Å². The van der Waals surface area contributed by atoms with Crippen LogP contribution in [-0.4, -0.2) is 31.6 Å². The molecule has 4 rings (SSSR count). The highest BCUT2D eigenvalue weighted by molar-refractivity contribution is 6.36. The maximum atomic E-state index is 12.8. The van der Waals surface area contributed by atoms with Crippen LogP contribution in [-0.2, 0) is 14.3 Å². The number of carbonyl (C=O) groups is 2. The fraction of sp³-hybridized carbons (Fsp3) is 0.200. The maximum Gasteiger partial charge on any atom is 0.347 e. The third-order valence-corrected chi connectivity index (χ3v) is 5.23. The van der Waals surface area contributed by atoms with Gasteiger partial charge in [-0.1, -0.05) is 48.5 Å². The second-order valence-corrected chi connectivity index (χ2v) is 7.15. The molecule has 5 heteroatoms. The van der Waals surface area contributed by atoms with Gasteiger partial charge in [0.05, 0.1) is 12.3 Å². The van der Waals surface area contributed by atoms with E-state index in [1.807, 2.05) is 66.7 Å². The van der Waals surface area contributed by atoms with Gasteiger partial charge in [0.25, 0.3) is 5.91 Å². The van der Waals surface area contributed by atoms with E-state index >= 15 is 0 Å². The fourth-order valence-corrected chi connectivity index (χ4v) is 3.72. The topological polar surface area (TPSA) is 55.8 Å². The number of anilines is 1. The van der Waals surface area contributed by atoms with Gasteiger partial charge in [-0.25, -0.2) is 4.79 Å². The van der Waals surface area contributed by atoms with Crippen molar-refractivity contribution in [1.82, 2.24) is 0 Å². The summed E-state index contributed by atoms with van der Waals surface area (Å²) in [7, 11) is 1.79. The summed E-state index contributed by atoms with van der Waals surface area (Å²) >= 11 is 0. The Bertz CT molecular complexity index is 1160. The Kier molecular flexibility index (Phi) is 5.27. The molecule has 0 aliphatic carbocycles. The van der Waals surface area contributed by atoms with E-state index in [-0.39, 0.29) is 5.91 Å². The Labute approximate surface area is 175 Å². The maximum absolute atomic E-state index is 12.8. The van der Waals surface area contributed by atoms with E-state index in [9.17, 15) is 9.59 Å². The molecule has 1 aliphatic rings. The second-order valence-electron chi connectivity index (χ2n) is 7.15. The van der Waals surface area contributed by atoms with Gasteiger partial charge in [0, 0.05) is 23.6 Å². The molecule has 0 bridgehead atoms. The number of likely N-dealkylation sites (N-methyl/N-ethyl adjacent to an activating group) is 1. The first-order valence-corrected chi connectivity index (χ1v) is 9.95. The largest absolute Gasteiger partial charge is 0.478 e. The summed E-state index contributed by atoms with van der Waals surface area (Å²) in [5, 5.41) is 1.81. The minimum atomic E-state index is -0.713. The number of hydrogen-bond acceptors (Lipinski definition) is 4. The predicted octanol–water partition coefficient (Wildman–Crippen LogP) is 4.69. The summed E-state index contributed by atoms with van der Waals surface area (Å²) in [4.78, 5) is 26.5. The lowest BCUT2D eigenvalue weighted by atomic mass is 9.99. The van der Waals surface area contributed by atoms with Crippen LogP contribution >= 0.6 is 0 Å². The van der Waals surface area contributed by atoms with Gasteiger partial charge in [-0.3, -0.25) is 4.79 Å². The van der Waals surface area contributed by atoms with E-state index in [2.05, 4.69) is 0 Å². The smallest absolute Gasteiger partial charge is 0.347 e. The fourth-order valence-electron chi connectivity index (χ4n) is 3.72. The molecular weight excluding hydrogens is 378 g/mol. The van der Waals surface area contributed by atoms with Gasteiger partial charge in [0.15, 0.2) is 6.10 Å². The van der Waals surface area contributed by atoms with Gasteiger partial charge in [0.1, 0.15) is 5.75 Å². The number of carbonyl (C=O) groups excluding carboxylic acids is 2. The summed E-state index contributed by atoms with van der Waals surface area (Å²) in [6.07, 6.45) is 1.21. The third-order valence-electron chi connectivity index (χ3n) is 5.23. The first-order valence-electron chi connectivity index (χ1n) is 9.95. The summed E-state index contributed by atoms with van der Waals surface area (Å²) in [6.45, 7) is 3.75. The van der Waals surface area contributed by atoms with Gasteiger partial charge in [-0.2, -0.15) is 0 Å². The van der Waals surface area contributed by atoms with Gasteiger partial charge in [-0.05, 0) is 43.0 Å². The molecule has 1 aliphatic heterocycles. The lowest BCUT2D eigenvalue weighted by Gasteiger charge is -2.16. The highest BCUT2D eigenvalue weighted by Gasteiger charge is 2.29. The molecule has 30 heavy (non-hydrogen) atoms. The van der Waals surface area contributed by atoms with E-state index in [1.54, 1.807) is 25.8 Å². The Hall–Kier alpha value is -3.60. The molecular formula is C25H23NO4. The van der Waals surface area contributed by atoms with E-state index in [0.29, 0.717) is 17.9 Å². The molecule has 5 nitrogen and oxygen atoms in total. The lowest BCUT2D eigenvalue weighted by Crippen LogP contribution is -2.26. The number of amides is 1. The molecule has 0 fully saturated rings. The summed E-state index contributed by atoms with van der Waals surface area (Å²) in [5.74, 6) is 0.170. The van der Waals surface area contributed by atoms with E-state index < -0.39 is 12.1 Å². The minimum absolute atomic E-state index is 0.0310. The SMILES string of the molecule is CCOC(=O)C(C)Oc1ccc(/C=C2\C(=O)N(C)c3ccccc32)c2ccccc12. The van der Waals surface area contributed by atoms with Crippen LogP contribution in [0.1, 0.15) is 25.0 Å². The monoisotopic (exact) mass is 401 g/mol. The number of fused-ring (bicyclic) bond motifs is 2. The van der Waals surface area contributed by atoms with Gasteiger partial charge in [-0.15, -0.1) is 0 Å². The molecule has 0 aromatic heterocycles. The van der Waals surface area contributed by atoms with Crippen molar-refractivity contribution < 1.29 is 19.1 Å². The number of ether oxygens (including phenoxy) is 2. The first-order chi connectivity index (χ1) is 14.5. The Balaban J connectivity index is 1.77. The number of hydrogen-bond donors (Lipinski definition) is 0. The Morgan fingerprint density at radius 2 is 1.73 bits per heavy atom. The molecule has 1 heterocycles. The molecule has 0 spiro atoms. The number of benzene rings is 3. The molecule has 0 N–H and O–H groups in total. The van der Waals surface area contributed by atoms with Crippen LogP contribution in [0.25, 0.3) is 22.4 Å². The highest BCUT2D eigenvalue weighted by atomic mass is 16.6. The van der Waals surface area contributed by atoms with Crippen LogP contribution in [0.5, 0.6) is 5.75 Å². The zero-order valence-electron chi connectivity index (χ0n) is 17.2. The van der Waals surface area contributed by atoms with Crippen molar-refractivity contribution >= 4 is 40.0 Å².